The molecule has 2 heteroatoms. The monoisotopic (exact) mass is 268 g/mol. The van der Waals surface area contributed by atoms with Crippen molar-refractivity contribution in [1.29, 1.82) is 0 Å². The zero-order valence-corrected chi connectivity index (χ0v) is 14.3. The molecule has 0 rings (SSSR count). The van der Waals surface area contributed by atoms with Gasteiger partial charge in [0.05, 0.1) is 0 Å². The second-order valence-corrected chi connectivity index (χ2v) is 6.82. The first-order valence-electron chi connectivity index (χ1n) is 8.11. The fourth-order valence-corrected chi connectivity index (χ4v) is 2.48. The minimum absolute atomic E-state index is 0.156. The van der Waals surface area contributed by atoms with Crippen molar-refractivity contribution in [3.05, 3.63) is 0 Å². The van der Waals surface area contributed by atoms with E-state index < -0.39 is 0 Å². The Hall–Kier alpha value is -0.530. The number of rotatable bonds is 9. The van der Waals surface area contributed by atoms with Crippen molar-refractivity contribution in [1.82, 2.24) is 4.90 Å². The van der Waals surface area contributed by atoms with Gasteiger partial charge in [0.1, 0.15) is 5.84 Å². The van der Waals surface area contributed by atoms with E-state index in [9.17, 15) is 0 Å². The summed E-state index contributed by atoms with van der Waals surface area (Å²) in [7, 11) is 4.19. The van der Waals surface area contributed by atoms with Gasteiger partial charge in [-0.1, -0.05) is 72.6 Å². The summed E-state index contributed by atoms with van der Waals surface area (Å²) >= 11 is 0. The molecule has 19 heavy (non-hydrogen) atoms. The number of unbranched alkanes of at least 4 members (excludes halogenated alkanes) is 7. The molecule has 0 aromatic heterocycles. The van der Waals surface area contributed by atoms with Gasteiger partial charge in [-0.05, 0) is 6.42 Å². The van der Waals surface area contributed by atoms with Crippen LogP contribution in [0.25, 0.3) is 0 Å². The molecule has 0 aliphatic heterocycles. The van der Waals surface area contributed by atoms with E-state index in [1.165, 1.54) is 57.2 Å². The second-order valence-electron chi connectivity index (χ2n) is 6.82. The molecule has 0 N–H and O–H groups in total. The van der Waals surface area contributed by atoms with Gasteiger partial charge in [0.2, 0.25) is 0 Å². The summed E-state index contributed by atoms with van der Waals surface area (Å²) < 4.78 is 0. The quantitative estimate of drug-likeness (QED) is 0.321. The fourth-order valence-electron chi connectivity index (χ4n) is 2.48. The average molecular weight is 268 g/mol. The maximum absolute atomic E-state index is 4.78. The molecule has 0 bridgehead atoms. The van der Waals surface area contributed by atoms with Crippen LogP contribution in [0.3, 0.4) is 0 Å². The van der Waals surface area contributed by atoms with E-state index in [1.807, 2.05) is 0 Å². The lowest BCUT2D eigenvalue weighted by atomic mass is 9.94. The molecular weight excluding hydrogens is 232 g/mol. The lowest BCUT2D eigenvalue weighted by molar-refractivity contribution is 0.475. The van der Waals surface area contributed by atoms with Crippen molar-refractivity contribution in [2.75, 3.05) is 20.6 Å². The fraction of sp³-hybridized carbons (Fsp3) is 0.941. The molecule has 0 heterocycles. The van der Waals surface area contributed by atoms with Gasteiger partial charge in [0.15, 0.2) is 0 Å². The van der Waals surface area contributed by atoms with Crippen LogP contribution in [-0.2, 0) is 0 Å². The Kier molecular flexibility index (Phi) is 9.99. The van der Waals surface area contributed by atoms with Gasteiger partial charge >= 0.3 is 0 Å². The molecular formula is C17H36N2. The van der Waals surface area contributed by atoms with E-state index in [0.29, 0.717) is 0 Å². The molecule has 0 saturated carbocycles. The average Bonchev–Trinajstić information content (AvgIpc) is 2.29. The molecule has 114 valence electrons. The predicted molar refractivity (Wildman–Crippen MR) is 88.1 cm³/mol. The Bertz CT molecular complexity index is 236. The molecule has 0 saturated heterocycles. The van der Waals surface area contributed by atoms with E-state index in [1.54, 1.807) is 0 Å². The second kappa shape index (κ2) is 10.3. The standard InChI is InChI=1S/C17H36N2/c1-7-8-9-10-11-12-13-14-15-18-16(19(5)6)17(2,3)4/h7-15H2,1-6H3. The molecule has 0 fully saturated rings. The first kappa shape index (κ1) is 18.5. The first-order valence-corrected chi connectivity index (χ1v) is 8.11. The highest BCUT2D eigenvalue weighted by Gasteiger charge is 2.20. The van der Waals surface area contributed by atoms with E-state index in [4.69, 9.17) is 4.99 Å². The highest BCUT2D eigenvalue weighted by atomic mass is 15.1. The Morgan fingerprint density at radius 2 is 1.32 bits per heavy atom. The van der Waals surface area contributed by atoms with Gasteiger partial charge in [-0.25, -0.2) is 0 Å². The van der Waals surface area contributed by atoms with Crippen LogP contribution in [0.15, 0.2) is 4.99 Å². The van der Waals surface area contributed by atoms with Crippen LogP contribution in [0.5, 0.6) is 0 Å². The lowest BCUT2D eigenvalue weighted by Crippen LogP contribution is -2.34. The summed E-state index contributed by atoms with van der Waals surface area (Å²) in [6.45, 7) is 9.97. The zero-order chi connectivity index (χ0) is 14.7. The van der Waals surface area contributed by atoms with Crippen LogP contribution in [0.1, 0.15) is 79.1 Å². The van der Waals surface area contributed by atoms with E-state index in [0.717, 1.165) is 6.54 Å². The lowest BCUT2D eigenvalue weighted by Gasteiger charge is -2.27. The first-order chi connectivity index (χ1) is 8.89. The summed E-state index contributed by atoms with van der Waals surface area (Å²) in [6, 6.07) is 0. The van der Waals surface area contributed by atoms with Crippen molar-refractivity contribution >= 4 is 5.84 Å². The predicted octanol–water partition coefficient (Wildman–Crippen LogP) is 5.13. The smallest absolute Gasteiger partial charge is 0.104 e. The van der Waals surface area contributed by atoms with Gasteiger partial charge in [0.25, 0.3) is 0 Å². The number of hydrogen-bond acceptors (Lipinski definition) is 1. The molecule has 2 nitrogen and oxygen atoms in total. The minimum atomic E-state index is 0.156. The van der Waals surface area contributed by atoms with Crippen molar-refractivity contribution in [3.8, 4) is 0 Å². The molecule has 0 aromatic carbocycles. The molecule has 0 unspecified atom stereocenters. The molecule has 0 spiro atoms. The number of hydrogen-bond donors (Lipinski definition) is 0. The van der Waals surface area contributed by atoms with Crippen molar-refractivity contribution in [2.45, 2.75) is 79.1 Å². The third kappa shape index (κ3) is 9.98. The van der Waals surface area contributed by atoms with Gasteiger partial charge in [-0.2, -0.15) is 0 Å². The summed E-state index contributed by atoms with van der Waals surface area (Å²) in [5.74, 6) is 1.22. The Balaban J connectivity index is 3.71. The van der Waals surface area contributed by atoms with E-state index in [2.05, 4.69) is 46.7 Å². The van der Waals surface area contributed by atoms with Crippen LogP contribution in [0.2, 0.25) is 0 Å². The van der Waals surface area contributed by atoms with E-state index >= 15 is 0 Å². The topological polar surface area (TPSA) is 15.6 Å². The summed E-state index contributed by atoms with van der Waals surface area (Å²) in [6.07, 6.45) is 10.9. The summed E-state index contributed by atoms with van der Waals surface area (Å²) in [5, 5.41) is 0. The highest BCUT2D eigenvalue weighted by Crippen LogP contribution is 2.18. The SMILES string of the molecule is CCCCCCCCCCN=C(N(C)C)C(C)(C)C. The zero-order valence-electron chi connectivity index (χ0n) is 14.3. The van der Waals surface area contributed by atoms with Crippen molar-refractivity contribution < 1.29 is 0 Å². The van der Waals surface area contributed by atoms with Gasteiger partial charge in [-0.15, -0.1) is 0 Å². The molecule has 0 amide bonds. The van der Waals surface area contributed by atoms with Gasteiger partial charge < -0.3 is 4.90 Å². The maximum atomic E-state index is 4.78. The van der Waals surface area contributed by atoms with Crippen LogP contribution in [0.4, 0.5) is 0 Å². The maximum Gasteiger partial charge on any atom is 0.104 e. The number of nitrogens with zero attached hydrogens (tertiary/aromatic N) is 2. The summed E-state index contributed by atoms with van der Waals surface area (Å²) in [5.41, 5.74) is 0.156. The normalized spacial score (nSPS) is 12.8. The minimum Gasteiger partial charge on any atom is -0.366 e. The Morgan fingerprint density at radius 3 is 1.74 bits per heavy atom. The Labute approximate surface area is 121 Å². The van der Waals surface area contributed by atoms with Gasteiger partial charge in [-0.3, -0.25) is 4.99 Å². The third-order valence-electron chi connectivity index (χ3n) is 3.37. The van der Waals surface area contributed by atoms with Crippen LogP contribution in [0, 0.1) is 5.41 Å². The van der Waals surface area contributed by atoms with E-state index in [-0.39, 0.29) is 5.41 Å². The highest BCUT2D eigenvalue weighted by molar-refractivity contribution is 5.86. The molecule has 0 aromatic rings. The van der Waals surface area contributed by atoms with Crippen LogP contribution in [-0.4, -0.2) is 31.4 Å². The van der Waals surface area contributed by atoms with Crippen molar-refractivity contribution in [3.63, 3.8) is 0 Å². The number of aliphatic imine (C=N–C) groups is 1. The van der Waals surface area contributed by atoms with Gasteiger partial charge in [0, 0.05) is 26.1 Å². The molecule has 0 aliphatic carbocycles. The third-order valence-corrected chi connectivity index (χ3v) is 3.37. The number of amidine groups is 1. The Morgan fingerprint density at radius 1 is 0.842 bits per heavy atom. The summed E-state index contributed by atoms with van der Waals surface area (Å²) in [4.78, 5) is 6.94. The molecule has 0 radical (unpaired) electrons. The molecule has 0 aliphatic rings. The van der Waals surface area contributed by atoms with Crippen LogP contribution < -0.4 is 0 Å². The largest absolute Gasteiger partial charge is 0.366 e. The van der Waals surface area contributed by atoms with Crippen molar-refractivity contribution in [2.24, 2.45) is 10.4 Å². The van der Waals surface area contributed by atoms with Crippen LogP contribution >= 0.6 is 0 Å². The molecule has 0 atom stereocenters.